The molecule has 0 amide bonds. The number of nitrogens with two attached hydrogens (primary N) is 1. The Kier molecular flexibility index (Phi) is 5.66. The summed E-state index contributed by atoms with van der Waals surface area (Å²) in [5, 5.41) is 9.62. The molecule has 1 aromatic rings. The maximum Gasteiger partial charge on any atom is 0.0867 e. The highest BCUT2D eigenvalue weighted by molar-refractivity contribution is 7.99. The van der Waals surface area contributed by atoms with Gasteiger partial charge in [-0.3, -0.25) is 0 Å². The van der Waals surface area contributed by atoms with Crippen molar-refractivity contribution in [2.45, 2.75) is 24.8 Å². The molecule has 0 saturated carbocycles. The molecule has 1 unspecified atom stereocenters. The van der Waals surface area contributed by atoms with Gasteiger partial charge in [-0.2, -0.15) is 0 Å². The first kappa shape index (κ1) is 13.4. The van der Waals surface area contributed by atoms with Crippen molar-refractivity contribution in [3.05, 3.63) is 23.8 Å². The minimum Gasteiger partial charge on any atom is -0.398 e. The van der Waals surface area contributed by atoms with E-state index >= 15 is 0 Å². The van der Waals surface area contributed by atoms with Crippen LogP contribution in [0.15, 0.2) is 23.1 Å². The van der Waals surface area contributed by atoms with E-state index in [0.29, 0.717) is 19.0 Å². The van der Waals surface area contributed by atoms with Crippen LogP contribution in [0.3, 0.4) is 0 Å². The van der Waals surface area contributed by atoms with E-state index in [-0.39, 0.29) is 0 Å². The molecule has 0 aliphatic carbocycles. The summed E-state index contributed by atoms with van der Waals surface area (Å²) >= 11 is 1.61. The SMILES string of the molecule is CCOCC(O)CSc1cccc(N)c1C. The van der Waals surface area contributed by atoms with Crippen molar-refractivity contribution in [2.75, 3.05) is 24.7 Å². The molecule has 0 aliphatic rings. The Morgan fingerprint density at radius 1 is 1.50 bits per heavy atom. The fourth-order valence-corrected chi connectivity index (χ4v) is 2.25. The molecule has 3 N–H and O–H groups in total. The number of ether oxygens (including phenoxy) is 1. The molecule has 1 aromatic carbocycles. The summed E-state index contributed by atoms with van der Waals surface area (Å²) in [6, 6.07) is 5.83. The Hall–Kier alpha value is -0.710. The van der Waals surface area contributed by atoms with E-state index < -0.39 is 6.10 Å². The largest absolute Gasteiger partial charge is 0.398 e. The first-order valence-corrected chi connectivity index (χ1v) is 6.37. The summed E-state index contributed by atoms with van der Waals surface area (Å²) < 4.78 is 5.15. The number of thioether (sulfide) groups is 1. The lowest BCUT2D eigenvalue weighted by Gasteiger charge is -2.12. The molecule has 0 aliphatic heterocycles. The normalized spacial score (nSPS) is 12.7. The van der Waals surface area contributed by atoms with E-state index in [1.807, 2.05) is 32.0 Å². The van der Waals surface area contributed by atoms with Gasteiger partial charge in [0.25, 0.3) is 0 Å². The maximum atomic E-state index is 9.62. The molecule has 0 radical (unpaired) electrons. The van der Waals surface area contributed by atoms with Gasteiger partial charge in [0.2, 0.25) is 0 Å². The van der Waals surface area contributed by atoms with Crippen molar-refractivity contribution in [3.63, 3.8) is 0 Å². The molecule has 90 valence electrons. The quantitative estimate of drug-likeness (QED) is 0.591. The van der Waals surface area contributed by atoms with Gasteiger partial charge in [0.1, 0.15) is 0 Å². The minimum absolute atomic E-state index is 0.394. The van der Waals surface area contributed by atoms with E-state index in [1.54, 1.807) is 11.8 Å². The van der Waals surface area contributed by atoms with Gasteiger partial charge in [0.05, 0.1) is 12.7 Å². The van der Waals surface area contributed by atoms with Crippen LogP contribution in [-0.4, -0.2) is 30.2 Å². The van der Waals surface area contributed by atoms with Gasteiger partial charge >= 0.3 is 0 Å². The zero-order valence-electron chi connectivity index (χ0n) is 9.77. The average Bonchev–Trinajstić information content (AvgIpc) is 2.28. The molecular formula is C12H19NO2S. The summed E-state index contributed by atoms with van der Waals surface area (Å²) in [7, 11) is 0. The highest BCUT2D eigenvalue weighted by Crippen LogP contribution is 2.26. The van der Waals surface area contributed by atoms with Gasteiger partial charge < -0.3 is 15.6 Å². The lowest BCUT2D eigenvalue weighted by atomic mass is 10.2. The number of aliphatic hydroxyl groups excluding tert-OH is 1. The zero-order chi connectivity index (χ0) is 12.0. The third kappa shape index (κ3) is 4.04. The predicted octanol–water partition coefficient (Wildman–Crippen LogP) is 2.07. The summed E-state index contributed by atoms with van der Waals surface area (Å²) in [6.07, 6.45) is -0.425. The summed E-state index contributed by atoms with van der Waals surface area (Å²) in [5.41, 5.74) is 7.68. The lowest BCUT2D eigenvalue weighted by Crippen LogP contribution is -2.17. The second kappa shape index (κ2) is 6.78. The summed E-state index contributed by atoms with van der Waals surface area (Å²) in [4.78, 5) is 1.12. The van der Waals surface area contributed by atoms with Crippen LogP contribution < -0.4 is 5.73 Å². The van der Waals surface area contributed by atoms with Crippen LogP contribution in [0.25, 0.3) is 0 Å². The number of benzene rings is 1. The van der Waals surface area contributed by atoms with E-state index in [2.05, 4.69) is 0 Å². The number of anilines is 1. The predicted molar refractivity (Wildman–Crippen MR) is 68.8 cm³/mol. The Balaban J connectivity index is 2.45. The average molecular weight is 241 g/mol. The highest BCUT2D eigenvalue weighted by atomic mass is 32.2. The van der Waals surface area contributed by atoms with Crippen LogP contribution in [0, 0.1) is 6.92 Å². The van der Waals surface area contributed by atoms with Crippen LogP contribution in [0.2, 0.25) is 0 Å². The molecule has 4 heteroatoms. The zero-order valence-corrected chi connectivity index (χ0v) is 10.6. The second-order valence-corrected chi connectivity index (χ2v) is 4.66. The lowest BCUT2D eigenvalue weighted by molar-refractivity contribution is 0.0551. The Morgan fingerprint density at radius 3 is 2.94 bits per heavy atom. The molecule has 0 bridgehead atoms. The minimum atomic E-state index is -0.425. The van der Waals surface area contributed by atoms with Gasteiger partial charge in [-0.15, -0.1) is 11.8 Å². The van der Waals surface area contributed by atoms with Gasteiger partial charge in [-0.25, -0.2) is 0 Å². The standard InChI is InChI=1S/C12H19NO2S/c1-3-15-7-10(14)8-16-12-6-4-5-11(13)9(12)2/h4-6,10,14H,3,7-8,13H2,1-2H3. The van der Waals surface area contributed by atoms with Gasteiger partial charge in [0, 0.05) is 22.9 Å². The first-order valence-electron chi connectivity index (χ1n) is 5.38. The number of nitrogen functional groups attached to an aromatic ring is 1. The third-order valence-corrected chi connectivity index (χ3v) is 3.58. The first-order chi connectivity index (χ1) is 7.65. The summed E-state index contributed by atoms with van der Waals surface area (Å²) in [5.74, 6) is 0.629. The number of rotatable bonds is 6. The molecule has 0 fully saturated rings. The van der Waals surface area contributed by atoms with Crippen molar-refractivity contribution >= 4 is 17.4 Å². The van der Waals surface area contributed by atoms with E-state index in [4.69, 9.17) is 10.5 Å². The third-order valence-electron chi connectivity index (χ3n) is 2.27. The molecule has 3 nitrogen and oxygen atoms in total. The Morgan fingerprint density at radius 2 is 2.25 bits per heavy atom. The van der Waals surface area contributed by atoms with E-state index in [0.717, 1.165) is 16.1 Å². The molecule has 0 spiro atoms. The summed E-state index contributed by atoms with van der Waals surface area (Å²) in [6.45, 7) is 4.94. The molecule has 0 heterocycles. The van der Waals surface area contributed by atoms with Crippen LogP contribution in [0.5, 0.6) is 0 Å². The topological polar surface area (TPSA) is 55.5 Å². The van der Waals surface area contributed by atoms with Crippen molar-refractivity contribution < 1.29 is 9.84 Å². The molecule has 0 saturated heterocycles. The maximum absolute atomic E-state index is 9.62. The van der Waals surface area contributed by atoms with Crippen molar-refractivity contribution in [1.82, 2.24) is 0 Å². The fourth-order valence-electron chi connectivity index (χ4n) is 1.28. The highest BCUT2D eigenvalue weighted by Gasteiger charge is 2.07. The van der Waals surface area contributed by atoms with Crippen LogP contribution >= 0.6 is 11.8 Å². The Bertz CT molecular complexity index is 331. The van der Waals surface area contributed by atoms with Crippen molar-refractivity contribution in [3.8, 4) is 0 Å². The second-order valence-electron chi connectivity index (χ2n) is 3.59. The van der Waals surface area contributed by atoms with Gasteiger partial charge in [-0.05, 0) is 31.5 Å². The van der Waals surface area contributed by atoms with Crippen molar-refractivity contribution in [1.29, 1.82) is 0 Å². The van der Waals surface area contributed by atoms with Gasteiger partial charge in [-0.1, -0.05) is 6.07 Å². The molecule has 1 atom stereocenters. The number of hydrogen-bond donors (Lipinski definition) is 2. The number of hydrogen-bond acceptors (Lipinski definition) is 4. The molecule has 1 rings (SSSR count). The van der Waals surface area contributed by atoms with Crippen LogP contribution in [0.4, 0.5) is 5.69 Å². The van der Waals surface area contributed by atoms with Crippen molar-refractivity contribution in [2.24, 2.45) is 0 Å². The van der Waals surface area contributed by atoms with Gasteiger partial charge in [0.15, 0.2) is 0 Å². The molecule has 16 heavy (non-hydrogen) atoms. The van der Waals surface area contributed by atoms with Crippen LogP contribution in [0.1, 0.15) is 12.5 Å². The Labute approximate surface area is 101 Å². The molecule has 0 aromatic heterocycles. The molecular weight excluding hydrogens is 222 g/mol. The van der Waals surface area contributed by atoms with E-state index in [1.165, 1.54) is 0 Å². The fraction of sp³-hybridized carbons (Fsp3) is 0.500. The monoisotopic (exact) mass is 241 g/mol. The smallest absolute Gasteiger partial charge is 0.0867 e. The van der Waals surface area contributed by atoms with E-state index in [9.17, 15) is 5.11 Å². The van der Waals surface area contributed by atoms with Crippen LogP contribution in [-0.2, 0) is 4.74 Å². The number of aliphatic hydroxyl groups is 1.